The van der Waals surface area contributed by atoms with Gasteiger partial charge in [-0.15, -0.1) is 0 Å². The molecule has 2 rings (SSSR count). The van der Waals surface area contributed by atoms with Gasteiger partial charge in [-0.25, -0.2) is 0 Å². The fourth-order valence-electron chi connectivity index (χ4n) is 7.57. The molecular formula is C34H65NO6. The lowest BCUT2D eigenvalue weighted by molar-refractivity contribution is -0.209. The van der Waals surface area contributed by atoms with Gasteiger partial charge in [0.05, 0.1) is 37.1 Å². The molecule has 0 radical (unpaired) electrons. The van der Waals surface area contributed by atoms with E-state index >= 15 is 0 Å². The zero-order valence-electron chi connectivity index (χ0n) is 27.6. The van der Waals surface area contributed by atoms with Gasteiger partial charge in [0.25, 0.3) is 0 Å². The minimum absolute atomic E-state index is 0.0898. The topological polar surface area (TPSA) is 86.3 Å². The van der Waals surface area contributed by atoms with Gasteiger partial charge in [-0.05, 0) is 102 Å². The summed E-state index contributed by atoms with van der Waals surface area (Å²) in [7, 11) is 0. The Hall–Kier alpha value is -0.730. The summed E-state index contributed by atoms with van der Waals surface area (Å²) >= 11 is 0. The number of aliphatic hydroxyl groups is 1. The Morgan fingerprint density at radius 2 is 1.54 bits per heavy atom. The predicted octanol–water partition coefficient (Wildman–Crippen LogP) is 7.18. The van der Waals surface area contributed by atoms with Gasteiger partial charge >= 0.3 is 0 Å². The van der Waals surface area contributed by atoms with Crippen LogP contribution in [-0.4, -0.2) is 67.6 Å². The first kappa shape index (κ1) is 36.5. The van der Waals surface area contributed by atoms with Crippen molar-refractivity contribution in [3.8, 4) is 0 Å². The quantitative estimate of drug-likeness (QED) is 0.0846. The van der Waals surface area contributed by atoms with E-state index in [1.807, 2.05) is 13.8 Å². The Morgan fingerprint density at radius 1 is 0.878 bits per heavy atom. The van der Waals surface area contributed by atoms with Crippen LogP contribution in [0.4, 0.5) is 0 Å². The fraction of sp³-hybridized carbons (Fsp3) is 0.971. The minimum atomic E-state index is -0.984. The average Bonchev–Trinajstić information content (AvgIpc) is 2.98. The number of nitrogens with one attached hydrogen (secondary N) is 1. The summed E-state index contributed by atoms with van der Waals surface area (Å²) in [6.07, 6.45) is 15.7. The Kier molecular flexibility index (Phi) is 16.7. The van der Waals surface area contributed by atoms with Crippen molar-refractivity contribution in [2.45, 2.75) is 175 Å². The number of carbonyl (C=O) groups excluding carboxylic acids is 1. The first-order chi connectivity index (χ1) is 19.7. The van der Waals surface area contributed by atoms with Crippen molar-refractivity contribution in [3.63, 3.8) is 0 Å². The highest BCUT2D eigenvalue weighted by atomic mass is 16.6. The SMILES string of the molecule is CC[C@H]1C[C@H](C(CC)(CC)CCCOCCCC2OC(C)CC[C@@H]2NC=O)C(C)OC1CCCOC(O)(CC)CC. The number of amides is 1. The average molecular weight is 584 g/mol. The molecule has 7 atom stereocenters. The van der Waals surface area contributed by atoms with Crippen LogP contribution in [0.3, 0.4) is 0 Å². The number of hydrogen-bond acceptors (Lipinski definition) is 6. The van der Waals surface area contributed by atoms with E-state index in [9.17, 15) is 9.90 Å². The summed E-state index contributed by atoms with van der Waals surface area (Å²) in [5.41, 5.74) is 0.281. The molecule has 2 aliphatic heterocycles. The van der Waals surface area contributed by atoms with Crippen molar-refractivity contribution in [2.24, 2.45) is 17.3 Å². The maximum Gasteiger partial charge on any atom is 0.207 e. The van der Waals surface area contributed by atoms with Crippen molar-refractivity contribution in [2.75, 3.05) is 19.8 Å². The second kappa shape index (κ2) is 18.8. The molecule has 242 valence electrons. The van der Waals surface area contributed by atoms with E-state index in [0.29, 0.717) is 31.3 Å². The monoisotopic (exact) mass is 583 g/mol. The Bertz CT molecular complexity index is 697. The van der Waals surface area contributed by atoms with E-state index in [4.69, 9.17) is 18.9 Å². The lowest BCUT2D eigenvalue weighted by Gasteiger charge is -2.50. The van der Waals surface area contributed by atoms with E-state index in [0.717, 1.165) is 71.0 Å². The molecule has 41 heavy (non-hydrogen) atoms. The third-order valence-electron chi connectivity index (χ3n) is 10.6. The fourth-order valence-corrected chi connectivity index (χ4v) is 7.57. The lowest BCUT2D eigenvalue weighted by Crippen LogP contribution is -2.47. The summed E-state index contributed by atoms with van der Waals surface area (Å²) in [5, 5.41) is 13.4. The summed E-state index contributed by atoms with van der Waals surface area (Å²) < 4.78 is 24.8. The van der Waals surface area contributed by atoms with Crippen LogP contribution in [0.5, 0.6) is 0 Å². The van der Waals surface area contributed by atoms with Crippen LogP contribution in [-0.2, 0) is 23.7 Å². The van der Waals surface area contributed by atoms with Crippen molar-refractivity contribution in [3.05, 3.63) is 0 Å². The van der Waals surface area contributed by atoms with Crippen molar-refractivity contribution < 1.29 is 28.8 Å². The Morgan fingerprint density at radius 3 is 2.17 bits per heavy atom. The van der Waals surface area contributed by atoms with Crippen LogP contribution in [0.15, 0.2) is 0 Å². The summed E-state index contributed by atoms with van der Waals surface area (Å²) in [4.78, 5) is 11.0. The second-order valence-electron chi connectivity index (χ2n) is 12.9. The van der Waals surface area contributed by atoms with Gasteiger partial charge in [0, 0.05) is 13.2 Å². The first-order valence-electron chi connectivity index (χ1n) is 17.2. The van der Waals surface area contributed by atoms with Gasteiger partial charge in [0.1, 0.15) is 0 Å². The summed E-state index contributed by atoms with van der Waals surface area (Å²) in [6, 6.07) is 0.125. The van der Waals surface area contributed by atoms with E-state index in [2.05, 4.69) is 39.9 Å². The molecule has 0 aromatic heterocycles. The van der Waals surface area contributed by atoms with E-state index in [-0.39, 0.29) is 35.9 Å². The third-order valence-corrected chi connectivity index (χ3v) is 10.6. The van der Waals surface area contributed by atoms with Crippen LogP contribution in [0.2, 0.25) is 0 Å². The maximum absolute atomic E-state index is 11.0. The van der Waals surface area contributed by atoms with Gasteiger partial charge in [-0.2, -0.15) is 0 Å². The molecule has 2 aliphatic rings. The normalized spacial score (nSPS) is 29.4. The number of rotatable bonds is 21. The van der Waals surface area contributed by atoms with Gasteiger partial charge in [0.2, 0.25) is 6.41 Å². The number of ether oxygens (including phenoxy) is 4. The van der Waals surface area contributed by atoms with Crippen molar-refractivity contribution in [1.82, 2.24) is 5.32 Å². The van der Waals surface area contributed by atoms with Gasteiger partial charge in [0.15, 0.2) is 5.79 Å². The molecule has 0 saturated carbocycles. The molecule has 2 saturated heterocycles. The zero-order valence-corrected chi connectivity index (χ0v) is 27.6. The van der Waals surface area contributed by atoms with E-state index in [1.165, 1.54) is 25.7 Å². The maximum atomic E-state index is 11.0. The van der Waals surface area contributed by atoms with Crippen molar-refractivity contribution in [1.29, 1.82) is 0 Å². The van der Waals surface area contributed by atoms with Gasteiger partial charge in [-0.3, -0.25) is 4.79 Å². The highest BCUT2D eigenvalue weighted by molar-refractivity contribution is 5.46. The van der Waals surface area contributed by atoms with Crippen molar-refractivity contribution >= 4 is 6.41 Å². The second-order valence-corrected chi connectivity index (χ2v) is 12.9. The molecule has 2 N–H and O–H groups in total. The Balaban J connectivity index is 1.79. The molecule has 7 heteroatoms. The third kappa shape index (κ3) is 11.0. The lowest BCUT2D eigenvalue weighted by atomic mass is 9.62. The highest BCUT2D eigenvalue weighted by Crippen LogP contribution is 2.49. The molecule has 0 spiro atoms. The van der Waals surface area contributed by atoms with Crippen LogP contribution in [0, 0.1) is 17.3 Å². The molecule has 4 unspecified atom stereocenters. The molecule has 0 aliphatic carbocycles. The molecule has 2 heterocycles. The zero-order chi connectivity index (χ0) is 30.3. The van der Waals surface area contributed by atoms with Crippen LogP contribution in [0.25, 0.3) is 0 Å². The summed E-state index contributed by atoms with van der Waals surface area (Å²) in [5.74, 6) is 0.151. The largest absolute Gasteiger partial charge is 0.381 e. The Labute approximate surface area is 252 Å². The molecule has 0 aromatic carbocycles. The highest BCUT2D eigenvalue weighted by Gasteiger charge is 2.45. The standard InChI is InChI=1S/C34H65NO6/c1-8-28-24-29(27(7)41-31(28)16-14-23-39-34(37,11-4)12-5)33(9-2,10-3)20-15-22-38-21-13-17-32-30(35-25-36)19-18-26(6)40-32/h25-32,37H,8-24H2,1-7H3,(H,35,36)/t26?,27?,28-,29-,30-,31?,32?/m0/s1. The molecular weight excluding hydrogens is 518 g/mol. The molecule has 7 nitrogen and oxygen atoms in total. The van der Waals surface area contributed by atoms with E-state index in [1.54, 1.807) is 0 Å². The first-order valence-corrected chi connectivity index (χ1v) is 17.2. The number of hydrogen-bond donors (Lipinski definition) is 2. The number of carbonyl (C=O) groups is 1. The molecule has 2 fully saturated rings. The predicted molar refractivity (Wildman–Crippen MR) is 166 cm³/mol. The summed E-state index contributed by atoms with van der Waals surface area (Å²) in [6.45, 7) is 17.5. The minimum Gasteiger partial charge on any atom is -0.381 e. The van der Waals surface area contributed by atoms with Gasteiger partial charge < -0.3 is 29.4 Å². The van der Waals surface area contributed by atoms with Crippen LogP contribution in [0.1, 0.15) is 138 Å². The van der Waals surface area contributed by atoms with E-state index < -0.39 is 5.79 Å². The van der Waals surface area contributed by atoms with Crippen LogP contribution < -0.4 is 5.32 Å². The smallest absolute Gasteiger partial charge is 0.207 e. The molecule has 0 bridgehead atoms. The molecule has 0 aromatic rings. The van der Waals surface area contributed by atoms with Gasteiger partial charge in [-0.1, -0.05) is 53.9 Å². The van der Waals surface area contributed by atoms with Crippen LogP contribution >= 0.6 is 0 Å². The molecule has 1 amide bonds.